The average molecular weight is 336 g/mol. The number of halogens is 2. The van der Waals surface area contributed by atoms with E-state index in [1.54, 1.807) is 12.3 Å². The first-order chi connectivity index (χ1) is 11.7. The Kier molecular flexibility index (Phi) is 3.91. The summed E-state index contributed by atoms with van der Waals surface area (Å²) in [4.78, 5) is 4.51. The lowest BCUT2D eigenvalue weighted by Crippen LogP contribution is -1.96. The Morgan fingerprint density at radius 2 is 1.79 bits per heavy atom. The molecular weight excluding hydrogens is 321 g/mol. The summed E-state index contributed by atoms with van der Waals surface area (Å²) in [6.07, 6.45) is 5.24. The van der Waals surface area contributed by atoms with Crippen molar-refractivity contribution >= 4 is 23.3 Å². The molecule has 3 heteroatoms. The van der Waals surface area contributed by atoms with Crippen LogP contribution in [0.3, 0.4) is 0 Å². The number of hydrogen-bond donors (Lipinski definition) is 0. The van der Waals surface area contributed by atoms with Crippen molar-refractivity contribution in [3.8, 4) is 0 Å². The van der Waals surface area contributed by atoms with Crippen molar-refractivity contribution in [1.29, 1.82) is 0 Å². The van der Waals surface area contributed by atoms with Crippen molar-refractivity contribution in [3.05, 3.63) is 99.6 Å². The summed E-state index contributed by atoms with van der Waals surface area (Å²) in [7, 11) is 0. The van der Waals surface area contributed by atoms with Gasteiger partial charge in [0, 0.05) is 22.5 Å². The van der Waals surface area contributed by atoms with Gasteiger partial charge in [-0.2, -0.15) is 0 Å². The predicted octanol–water partition coefficient (Wildman–Crippen LogP) is 5.56. The highest BCUT2D eigenvalue weighted by molar-refractivity contribution is 6.30. The molecular formula is C21H15ClFN. The topological polar surface area (TPSA) is 12.9 Å². The minimum Gasteiger partial charge on any atom is -0.261 e. The molecule has 0 fully saturated rings. The van der Waals surface area contributed by atoms with Gasteiger partial charge in [-0.1, -0.05) is 41.9 Å². The second-order valence-corrected chi connectivity index (χ2v) is 6.31. The van der Waals surface area contributed by atoms with E-state index in [-0.39, 0.29) is 5.82 Å². The first-order valence-electron chi connectivity index (χ1n) is 7.91. The fourth-order valence-electron chi connectivity index (χ4n) is 3.25. The van der Waals surface area contributed by atoms with Gasteiger partial charge >= 0.3 is 0 Å². The molecule has 0 spiro atoms. The van der Waals surface area contributed by atoms with Crippen LogP contribution in [0.1, 0.15) is 27.9 Å². The molecule has 0 saturated heterocycles. The van der Waals surface area contributed by atoms with Crippen molar-refractivity contribution < 1.29 is 4.39 Å². The molecule has 0 amide bonds. The summed E-state index contributed by atoms with van der Waals surface area (Å²) in [5, 5.41) is 0.684. The van der Waals surface area contributed by atoms with Gasteiger partial charge in [0.05, 0.1) is 0 Å². The molecule has 2 aromatic carbocycles. The van der Waals surface area contributed by atoms with Crippen molar-refractivity contribution in [1.82, 2.24) is 4.98 Å². The summed E-state index contributed by atoms with van der Waals surface area (Å²) >= 11 is 6.12. The van der Waals surface area contributed by atoms with E-state index in [0.29, 0.717) is 11.4 Å². The Bertz CT molecular complexity index is 946. The van der Waals surface area contributed by atoms with Gasteiger partial charge in [0.2, 0.25) is 0 Å². The predicted molar refractivity (Wildman–Crippen MR) is 96.5 cm³/mol. The first-order valence-corrected chi connectivity index (χ1v) is 8.29. The van der Waals surface area contributed by atoms with E-state index in [1.807, 2.05) is 36.4 Å². The van der Waals surface area contributed by atoms with E-state index < -0.39 is 0 Å². The summed E-state index contributed by atoms with van der Waals surface area (Å²) in [6, 6.07) is 16.9. The first kappa shape index (κ1) is 15.1. The smallest absolute Gasteiger partial charge is 0.127 e. The summed E-state index contributed by atoms with van der Waals surface area (Å²) in [6.45, 7) is 0. The lowest BCUT2D eigenvalue weighted by Gasteiger charge is -2.12. The Balaban J connectivity index is 1.99. The Morgan fingerprint density at radius 3 is 2.67 bits per heavy atom. The van der Waals surface area contributed by atoms with Gasteiger partial charge in [-0.15, -0.1) is 0 Å². The van der Waals surface area contributed by atoms with E-state index in [0.717, 1.165) is 39.9 Å². The van der Waals surface area contributed by atoms with Gasteiger partial charge in [0.15, 0.2) is 0 Å². The second-order valence-electron chi connectivity index (χ2n) is 5.88. The molecule has 1 aliphatic rings. The molecule has 0 unspecified atom stereocenters. The van der Waals surface area contributed by atoms with Crippen molar-refractivity contribution in [2.75, 3.05) is 0 Å². The Morgan fingerprint density at radius 1 is 0.958 bits per heavy atom. The second kappa shape index (κ2) is 6.21. The monoisotopic (exact) mass is 335 g/mol. The number of fused-ring (bicyclic) bond motifs is 2. The van der Waals surface area contributed by atoms with E-state index >= 15 is 0 Å². The van der Waals surface area contributed by atoms with E-state index in [2.05, 4.69) is 17.1 Å². The standard InChI is InChI=1S/C21H15ClFN/c22-15-5-1-4-14(12-15)13-19-16-6-2-8-20(23)17(16)9-10-21-18(19)7-3-11-24-21/h1-8,11-13H,9-10H2/b19-13-. The fourth-order valence-corrected chi connectivity index (χ4v) is 3.45. The van der Waals surface area contributed by atoms with Crippen LogP contribution in [0, 0.1) is 5.82 Å². The van der Waals surface area contributed by atoms with Crippen LogP contribution in [0.25, 0.3) is 11.6 Å². The van der Waals surface area contributed by atoms with Crippen molar-refractivity contribution in [3.63, 3.8) is 0 Å². The van der Waals surface area contributed by atoms with E-state index in [1.165, 1.54) is 6.07 Å². The summed E-state index contributed by atoms with van der Waals surface area (Å²) in [5.41, 5.74) is 5.73. The number of rotatable bonds is 1. The molecule has 0 bridgehead atoms. The molecule has 1 heterocycles. The molecule has 1 nitrogen and oxygen atoms in total. The molecule has 0 saturated carbocycles. The zero-order chi connectivity index (χ0) is 16.5. The third-order valence-corrected chi connectivity index (χ3v) is 4.60. The highest BCUT2D eigenvalue weighted by Gasteiger charge is 2.20. The molecule has 0 atom stereocenters. The van der Waals surface area contributed by atoms with Crippen molar-refractivity contribution in [2.45, 2.75) is 12.8 Å². The molecule has 4 rings (SSSR count). The van der Waals surface area contributed by atoms with E-state index in [4.69, 9.17) is 11.6 Å². The fraction of sp³-hybridized carbons (Fsp3) is 0.0952. The molecule has 0 aliphatic heterocycles. The number of aromatic nitrogens is 1. The third kappa shape index (κ3) is 2.74. The van der Waals surface area contributed by atoms with Gasteiger partial charge in [-0.05, 0) is 65.4 Å². The Hall–Kier alpha value is -2.45. The average Bonchev–Trinajstić information content (AvgIpc) is 2.74. The maximum absolute atomic E-state index is 14.4. The maximum atomic E-state index is 14.4. The number of benzene rings is 2. The molecule has 0 N–H and O–H groups in total. The van der Waals surface area contributed by atoms with Crippen LogP contribution in [0.4, 0.5) is 4.39 Å². The van der Waals surface area contributed by atoms with Crippen LogP contribution in [0.15, 0.2) is 60.8 Å². The summed E-state index contributed by atoms with van der Waals surface area (Å²) in [5.74, 6) is -0.155. The number of hydrogen-bond acceptors (Lipinski definition) is 1. The largest absolute Gasteiger partial charge is 0.261 e. The van der Waals surface area contributed by atoms with Crippen LogP contribution in [-0.4, -0.2) is 4.98 Å². The van der Waals surface area contributed by atoms with Gasteiger partial charge < -0.3 is 0 Å². The van der Waals surface area contributed by atoms with Crippen LogP contribution >= 0.6 is 11.6 Å². The van der Waals surface area contributed by atoms with Crippen LogP contribution < -0.4 is 0 Å². The van der Waals surface area contributed by atoms with Crippen LogP contribution in [-0.2, 0) is 12.8 Å². The quantitative estimate of drug-likeness (QED) is 0.567. The SMILES string of the molecule is Fc1cccc2c1CCc1ncccc1/C2=C\c1cccc(Cl)c1. The molecule has 3 aromatic rings. The summed E-state index contributed by atoms with van der Waals surface area (Å²) < 4.78 is 14.4. The number of aryl methyl sites for hydroxylation is 1. The zero-order valence-electron chi connectivity index (χ0n) is 13.0. The highest BCUT2D eigenvalue weighted by atomic mass is 35.5. The third-order valence-electron chi connectivity index (χ3n) is 4.36. The minimum absolute atomic E-state index is 0.155. The minimum atomic E-state index is -0.155. The zero-order valence-corrected chi connectivity index (χ0v) is 13.7. The van der Waals surface area contributed by atoms with E-state index in [9.17, 15) is 4.39 Å². The van der Waals surface area contributed by atoms with Gasteiger partial charge in [-0.3, -0.25) is 4.98 Å². The Labute approximate surface area is 145 Å². The van der Waals surface area contributed by atoms with Gasteiger partial charge in [-0.25, -0.2) is 4.39 Å². The van der Waals surface area contributed by atoms with Crippen molar-refractivity contribution in [2.24, 2.45) is 0 Å². The normalized spacial score (nSPS) is 14.8. The molecule has 1 aliphatic carbocycles. The molecule has 118 valence electrons. The lowest BCUT2D eigenvalue weighted by atomic mass is 9.93. The maximum Gasteiger partial charge on any atom is 0.127 e. The number of pyridine rings is 1. The van der Waals surface area contributed by atoms with Gasteiger partial charge in [0.1, 0.15) is 5.82 Å². The van der Waals surface area contributed by atoms with Crippen LogP contribution in [0.2, 0.25) is 5.02 Å². The molecule has 1 aromatic heterocycles. The van der Waals surface area contributed by atoms with Gasteiger partial charge in [0.25, 0.3) is 0 Å². The van der Waals surface area contributed by atoms with Crippen LogP contribution in [0.5, 0.6) is 0 Å². The molecule has 0 radical (unpaired) electrons. The lowest BCUT2D eigenvalue weighted by molar-refractivity contribution is 0.608. The molecule has 24 heavy (non-hydrogen) atoms. The number of nitrogens with zero attached hydrogens (tertiary/aromatic N) is 1. The highest BCUT2D eigenvalue weighted by Crippen LogP contribution is 2.35.